The maximum Gasteiger partial charge on any atom is 0.219 e. The third kappa shape index (κ3) is 0.741. The second-order valence-electron chi connectivity index (χ2n) is 2.15. The predicted molar refractivity (Wildman–Crippen MR) is 37.1 cm³/mol. The van der Waals surface area contributed by atoms with Gasteiger partial charge in [0, 0.05) is 0 Å². The number of nitrogens with two attached hydrogens (primary N) is 1. The van der Waals surface area contributed by atoms with E-state index in [1.807, 2.05) is 0 Å². The second-order valence-corrected chi connectivity index (χ2v) is 2.15. The van der Waals surface area contributed by atoms with Gasteiger partial charge in [-0.05, 0) is 0 Å². The molecule has 5 heteroatoms. The molecule has 4 nitrogen and oxygen atoms in total. The van der Waals surface area contributed by atoms with Crippen molar-refractivity contribution in [3.8, 4) is 6.07 Å². The SMILES string of the molecule is BN1CC(=O)C(C#N)=C1N. The van der Waals surface area contributed by atoms with E-state index in [2.05, 4.69) is 0 Å². The monoisotopic (exact) mass is 135 g/mol. The molecule has 1 rings (SSSR count). The van der Waals surface area contributed by atoms with Gasteiger partial charge in [0.05, 0.1) is 6.54 Å². The highest BCUT2D eigenvalue weighted by Gasteiger charge is 2.24. The van der Waals surface area contributed by atoms with Crippen LogP contribution in [0.5, 0.6) is 0 Å². The lowest BCUT2D eigenvalue weighted by molar-refractivity contribution is -0.114. The zero-order valence-corrected chi connectivity index (χ0v) is 5.59. The first-order valence-electron chi connectivity index (χ1n) is 2.81. The van der Waals surface area contributed by atoms with E-state index >= 15 is 0 Å². The number of rotatable bonds is 0. The van der Waals surface area contributed by atoms with E-state index in [9.17, 15) is 4.79 Å². The van der Waals surface area contributed by atoms with Crippen LogP contribution in [0.15, 0.2) is 11.4 Å². The van der Waals surface area contributed by atoms with Gasteiger partial charge in [0.2, 0.25) is 7.98 Å². The van der Waals surface area contributed by atoms with Gasteiger partial charge in [-0.3, -0.25) is 4.79 Å². The summed E-state index contributed by atoms with van der Waals surface area (Å²) in [5, 5.41) is 8.39. The quantitative estimate of drug-likeness (QED) is 0.394. The number of ketones is 1. The fraction of sp³-hybridized carbons (Fsp3) is 0.200. The normalized spacial score (nSPS) is 17.9. The molecule has 0 bridgehead atoms. The summed E-state index contributed by atoms with van der Waals surface area (Å²) >= 11 is 0. The summed E-state index contributed by atoms with van der Waals surface area (Å²) in [5.74, 6) is 0.0926. The molecule has 0 aromatic carbocycles. The molecule has 0 unspecified atom stereocenters. The van der Waals surface area contributed by atoms with Crippen molar-refractivity contribution in [2.75, 3.05) is 6.54 Å². The molecule has 10 heavy (non-hydrogen) atoms. The zero-order valence-electron chi connectivity index (χ0n) is 5.59. The van der Waals surface area contributed by atoms with Crippen LogP contribution in [-0.2, 0) is 4.79 Å². The number of hydrogen-bond donors (Lipinski definition) is 1. The number of hydrogen-bond acceptors (Lipinski definition) is 4. The molecule has 0 atom stereocenters. The zero-order chi connectivity index (χ0) is 7.72. The number of nitrogens with zero attached hydrogens (tertiary/aromatic N) is 2. The molecule has 1 aliphatic heterocycles. The molecule has 0 radical (unpaired) electrons. The number of carbonyl (C=O) groups excluding carboxylic acids is 1. The molecule has 1 heterocycles. The Morgan fingerprint density at radius 3 is 2.60 bits per heavy atom. The first-order chi connectivity index (χ1) is 4.66. The van der Waals surface area contributed by atoms with E-state index in [1.54, 1.807) is 18.9 Å². The molecule has 1 aliphatic rings. The maximum atomic E-state index is 10.8. The van der Waals surface area contributed by atoms with E-state index in [0.717, 1.165) is 0 Å². The Morgan fingerprint density at radius 1 is 1.80 bits per heavy atom. The molecule has 50 valence electrons. The predicted octanol–water partition coefficient (Wildman–Crippen LogP) is -1.89. The molecule has 0 aromatic heterocycles. The van der Waals surface area contributed by atoms with Crippen LogP contribution in [0.4, 0.5) is 0 Å². The smallest absolute Gasteiger partial charge is 0.219 e. The summed E-state index contributed by atoms with van der Waals surface area (Å²) in [6.07, 6.45) is 0. The highest BCUT2D eigenvalue weighted by molar-refractivity contribution is 6.13. The Labute approximate surface area is 59.3 Å². The van der Waals surface area contributed by atoms with Crippen molar-refractivity contribution in [1.29, 1.82) is 5.26 Å². The standard InChI is InChI=1S/C5H6BN3O/c6-9-2-4(10)3(1-7)5(9)8/h2,6,8H2. The fourth-order valence-electron chi connectivity index (χ4n) is 0.833. The Bertz CT molecular complexity index is 252. The van der Waals surface area contributed by atoms with Crippen LogP contribution in [-0.4, -0.2) is 25.1 Å². The lowest BCUT2D eigenvalue weighted by atomic mass is 10.2. The van der Waals surface area contributed by atoms with E-state index in [1.165, 1.54) is 0 Å². The molecule has 0 spiro atoms. The van der Waals surface area contributed by atoms with E-state index in [-0.39, 0.29) is 23.7 Å². The van der Waals surface area contributed by atoms with Crippen LogP contribution >= 0.6 is 0 Å². The highest BCUT2D eigenvalue weighted by Crippen LogP contribution is 2.11. The molecule has 0 amide bonds. The topological polar surface area (TPSA) is 70.1 Å². The lowest BCUT2D eigenvalue weighted by Crippen LogP contribution is -2.22. The van der Waals surface area contributed by atoms with Crippen molar-refractivity contribution in [2.24, 2.45) is 5.73 Å². The molecule has 0 aliphatic carbocycles. The van der Waals surface area contributed by atoms with Crippen LogP contribution < -0.4 is 5.73 Å². The molecular formula is C5H6BN3O. The van der Waals surface area contributed by atoms with Crippen molar-refractivity contribution in [1.82, 2.24) is 4.81 Å². The van der Waals surface area contributed by atoms with Crippen LogP contribution in [0.3, 0.4) is 0 Å². The van der Waals surface area contributed by atoms with Gasteiger partial charge in [-0.25, -0.2) is 0 Å². The van der Waals surface area contributed by atoms with Gasteiger partial charge in [-0.1, -0.05) is 0 Å². The van der Waals surface area contributed by atoms with E-state index in [4.69, 9.17) is 11.0 Å². The van der Waals surface area contributed by atoms with Gasteiger partial charge in [0.15, 0.2) is 5.78 Å². The first kappa shape index (κ1) is 6.68. The maximum absolute atomic E-state index is 10.8. The van der Waals surface area contributed by atoms with Crippen LogP contribution in [0, 0.1) is 11.3 Å². The number of nitriles is 1. The van der Waals surface area contributed by atoms with Crippen molar-refractivity contribution in [3.05, 3.63) is 11.4 Å². The molecule has 0 saturated heterocycles. The van der Waals surface area contributed by atoms with Crippen molar-refractivity contribution >= 4 is 13.8 Å². The average Bonchev–Trinajstić information content (AvgIpc) is 2.09. The van der Waals surface area contributed by atoms with Gasteiger partial charge in [0.1, 0.15) is 17.5 Å². The van der Waals surface area contributed by atoms with E-state index in [0.29, 0.717) is 0 Å². The third-order valence-corrected chi connectivity index (χ3v) is 1.44. The Hall–Kier alpha value is -1.44. The van der Waals surface area contributed by atoms with Crippen LogP contribution in [0.2, 0.25) is 0 Å². The Morgan fingerprint density at radius 2 is 2.40 bits per heavy atom. The molecule has 0 saturated carbocycles. The summed E-state index contributed by atoms with van der Waals surface area (Å²) in [4.78, 5) is 12.4. The number of carbonyl (C=O) groups is 1. The molecular weight excluding hydrogens is 129 g/mol. The Kier molecular flexibility index (Phi) is 1.38. The van der Waals surface area contributed by atoms with E-state index < -0.39 is 0 Å². The summed E-state index contributed by atoms with van der Waals surface area (Å²) in [5.41, 5.74) is 5.47. The summed E-state index contributed by atoms with van der Waals surface area (Å²) < 4.78 is 0. The van der Waals surface area contributed by atoms with Crippen molar-refractivity contribution in [2.45, 2.75) is 0 Å². The first-order valence-corrected chi connectivity index (χ1v) is 2.81. The minimum absolute atomic E-state index is 0.0856. The largest absolute Gasteiger partial charge is 0.401 e. The highest BCUT2D eigenvalue weighted by atomic mass is 16.1. The molecule has 0 aromatic rings. The summed E-state index contributed by atoms with van der Waals surface area (Å²) in [6.45, 7) is 0.231. The minimum atomic E-state index is -0.192. The third-order valence-electron chi connectivity index (χ3n) is 1.44. The fourth-order valence-corrected chi connectivity index (χ4v) is 0.833. The van der Waals surface area contributed by atoms with Gasteiger partial charge in [-0.2, -0.15) is 5.26 Å². The number of Topliss-reactive ketones (excluding diaryl/α,β-unsaturated/α-hetero) is 1. The summed E-state index contributed by atoms with van der Waals surface area (Å²) in [6, 6.07) is 1.76. The minimum Gasteiger partial charge on any atom is -0.401 e. The van der Waals surface area contributed by atoms with Gasteiger partial charge < -0.3 is 10.5 Å². The lowest BCUT2D eigenvalue weighted by Gasteiger charge is -2.09. The van der Waals surface area contributed by atoms with Crippen molar-refractivity contribution in [3.63, 3.8) is 0 Å². The second kappa shape index (κ2) is 2.07. The van der Waals surface area contributed by atoms with Gasteiger partial charge in [0.25, 0.3) is 0 Å². The van der Waals surface area contributed by atoms with Crippen LogP contribution in [0.1, 0.15) is 0 Å². The van der Waals surface area contributed by atoms with Crippen LogP contribution in [0.25, 0.3) is 0 Å². The molecule has 2 N–H and O–H groups in total. The van der Waals surface area contributed by atoms with Gasteiger partial charge in [-0.15, -0.1) is 0 Å². The summed E-state index contributed by atoms with van der Waals surface area (Å²) in [7, 11) is 1.68. The van der Waals surface area contributed by atoms with Crippen molar-refractivity contribution < 1.29 is 4.79 Å². The Balaban J connectivity index is 3.05. The molecule has 0 fully saturated rings. The average molecular weight is 135 g/mol. The van der Waals surface area contributed by atoms with Gasteiger partial charge >= 0.3 is 0 Å².